The van der Waals surface area contributed by atoms with E-state index in [-0.39, 0.29) is 12.6 Å². The number of hydrogen-bond acceptors (Lipinski definition) is 4. The van der Waals surface area contributed by atoms with Gasteiger partial charge in [0.25, 0.3) is 5.69 Å². The Balaban J connectivity index is 2.94. The second-order valence-corrected chi connectivity index (χ2v) is 3.71. The summed E-state index contributed by atoms with van der Waals surface area (Å²) in [5.74, 6) is -2.37. The molecule has 0 saturated heterocycles. The first-order chi connectivity index (χ1) is 7.93. The van der Waals surface area contributed by atoms with Gasteiger partial charge in [-0.05, 0) is 19.4 Å². The molecule has 0 fully saturated rings. The molecule has 0 spiro atoms. The van der Waals surface area contributed by atoms with Gasteiger partial charge in [0.2, 0.25) is 0 Å². The van der Waals surface area contributed by atoms with Gasteiger partial charge in [-0.15, -0.1) is 0 Å². The molecule has 0 aliphatic carbocycles. The fourth-order valence-corrected chi connectivity index (χ4v) is 1.29. The zero-order valence-corrected chi connectivity index (χ0v) is 9.24. The van der Waals surface area contributed by atoms with E-state index in [1.165, 1.54) is 0 Å². The van der Waals surface area contributed by atoms with Crippen molar-refractivity contribution in [3.63, 3.8) is 0 Å². The molecule has 7 heteroatoms. The monoisotopic (exact) mass is 245 g/mol. The molecule has 0 aliphatic rings. The summed E-state index contributed by atoms with van der Waals surface area (Å²) < 4.78 is 26.3. The number of anilines is 1. The molecule has 0 radical (unpaired) electrons. The maximum absolute atomic E-state index is 13.4. The maximum atomic E-state index is 13.4. The van der Waals surface area contributed by atoms with Crippen molar-refractivity contribution in [1.82, 2.24) is 0 Å². The van der Waals surface area contributed by atoms with E-state index in [1.54, 1.807) is 6.92 Å². The van der Waals surface area contributed by atoms with Crippen LogP contribution in [0.4, 0.5) is 20.2 Å². The van der Waals surface area contributed by atoms with E-state index < -0.39 is 27.9 Å². The predicted molar refractivity (Wildman–Crippen MR) is 59.8 cm³/mol. The summed E-state index contributed by atoms with van der Waals surface area (Å²) >= 11 is 0. The van der Waals surface area contributed by atoms with Gasteiger partial charge >= 0.3 is 0 Å². The lowest BCUT2D eigenvalue weighted by Crippen LogP contribution is -2.19. The van der Waals surface area contributed by atoms with E-state index in [1.807, 2.05) is 0 Å². The minimum atomic E-state index is -1.25. The topological polar surface area (TPSA) is 81.2 Å². The van der Waals surface area contributed by atoms with E-state index >= 15 is 0 Å². The molecule has 0 bridgehead atoms. The van der Waals surface area contributed by atoms with Crippen molar-refractivity contribution in [2.24, 2.45) is 5.73 Å². The van der Waals surface area contributed by atoms with Gasteiger partial charge in [-0.25, -0.2) is 8.78 Å². The molecule has 0 aromatic heterocycles. The SMILES string of the molecule is CC(N)CCNc1c([N+](=O)[O-])ccc(F)c1F. The van der Waals surface area contributed by atoms with Crippen LogP contribution in [0.5, 0.6) is 0 Å². The number of benzene rings is 1. The number of rotatable bonds is 5. The van der Waals surface area contributed by atoms with Crippen LogP contribution in [0.2, 0.25) is 0 Å². The van der Waals surface area contributed by atoms with Gasteiger partial charge in [0.1, 0.15) is 0 Å². The van der Waals surface area contributed by atoms with Crippen molar-refractivity contribution in [3.05, 3.63) is 33.9 Å². The third-order valence-electron chi connectivity index (χ3n) is 2.17. The van der Waals surface area contributed by atoms with E-state index in [4.69, 9.17) is 5.73 Å². The molecule has 1 unspecified atom stereocenters. The summed E-state index contributed by atoms with van der Waals surface area (Å²) in [6.45, 7) is 1.98. The predicted octanol–water partition coefficient (Wildman–Crippen LogP) is 2.02. The highest BCUT2D eigenvalue weighted by Crippen LogP contribution is 2.28. The third kappa shape index (κ3) is 3.35. The molecule has 5 nitrogen and oxygen atoms in total. The molecule has 3 N–H and O–H groups in total. The van der Waals surface area contributed by atoms with Crippen LogP contribution in [0.15, 0.2) is 12.1 Å². The van der Waals surface area contributed by atoms with E-state index in [0.29, 0.717) is 6.42 Å². The molecular formula is C10H13F2N3O2. The van der Waals surface area contributed by atoms with Crippen molar-refractivity contribution in [1.29, 1.82) is 0 Å². The summed E-state index contributed by atoms with van der Waals surface area (Å²) in [5, 5.41) is 13.1. The van der Waals surface area contributed by atoms with Crippen molar-refractivity contribution in [2.45, 2.75) is 19.4 Å². The Kier molecular flexibility index (Phi) is 4.33. The second kappa shape index (κ2) is 5.53. The molecule has 94 valence electrons. The second-order valence-electron chi connectivity index (χ2n) is 3.71. The lowest BCUT2D eigenvalue weighted by molar-refractivity contribution is -0.384. The fraction of sp³-hybridized carbons (Fsp3) is 0.400. The highest BCUT2D eigenvalue weighted by atomic mass is 19.2. The Hall–Kier alpha value is -1.76. The van der Waals surface area contributed by atoms with Gasteiger partial charge < -0.3 is 11.1 Å². The van der Waals surface area contributed by atoms with Gasteiger partial charge in [0.15, 0.2) is 17.3 Å². The largest absolute Gasteiger partial charge is 0.377 e. The quantitative estimate of drug-likeness (QED) is 0.614. The molecule has 0 heterocycles. The standard InChI is InChI=1S/C10H13F2N3O2/c1-6(13)4-5-14-10-8(15(16)17)3-2-7(11)9(10)12/h2-3,6,14H,4-5,13H2,1H3. The van der Waals surface area contributed by atoms with Crippen molar-refractivity contribution in [3.8, 4) is 0 Å². The molecule has 1 aromatic carbocycles. The lowest BCUT2D eigenvalue weighted by atomic mass is 10.2. The molecule has 1 atom stereocenters. The zero-order chi connectivity index (χ0) is 13.0. The van der Waals surface area contributed by atoms with Crippen LogP contribution in [-0.2, 0) is 0 Å². The molecule has 0 saturated carbocycles. The minimum Gasteiger partial charge on any atom is -0.377 e. The number of nitrogens with zero attached hydrogens (tertiary/aromatic N) is 1. The summed E-state index contributed by atoms with van der Waals surface area (Å²) in [6.07, 6.45) is 0.493. The smallest absolute Gasteiger partial charge is 0.295 e. The number of nitrogens with one attached hydrogen (secondary N) is 1. The first-order valence-electron chi connectivity index (χ1n) is 5.05. The van der Waals surface area contributed by atoms with Gasteiger partial charge in [0.05, 0.1) is 4.92 Å². The number of hydrogen-bond donors (Lipinski definition) is 2. The van der Waals surface area contributed by atoms with Crippen LogP contribution in [0.3, 0.4) is 0 Å². The van der Waals surface area contributed by atoms with Crippen LogP contribution >= 0.6 is 0 Å². The average Bonchev–Trinajstić information content (AvgIpc) is 2.23. The number of nitro benzene ring substituents is 1. The number of nitrogens with two attached hydrogens (primary N) is 1. The highest BCUT2D eigenvalue weighted by molar-refractivity contribution is 5.62. The van der Waals surface area contributed by atoms with E-state index in [9.17, 15) is 18.9 Å². The van der Waals surface area contributed by atoms with Crippen molar-refractivity contribution in [2.75, 3.05) is 11.9 Å². The Morgan fingerprint density at radius 1 is 1.53 bits per heavy atom. The first kappa shape index (κ1) is 13.3. The summed E-state index contributed by atoms with van der Waals surface area (Å²) in [5.41, 5.74) is 4.55. The van der Waals surface area contributed by atoms with Crippen LogP contribution < -0.4 is 11.1 Å². The molecule has 1 aromatic rings. The van der Waals surface area contributed by atoms with Crippen LogP contribution in [0.1, 0.15) is 13.3 Å². The van der Waals surface area contributed by atoms with Crippen molar-refractivity contribution >= 4 is 11.4 Å². The summed E-state index contributed by atoms with van der Waals surface area (Å²) in [4.78, 5) is 9.87. The number of nitro groups is 1. The minimum absolute atomic E-state index is 0.127. The molecule has 1 rings (SSSR count). The average molecular weight is 245 g/mol. The summed E-state index contributed by atoms with van der Waals surface area (Å²) in [6, 6.07) is 1.52. The van der Waals surface area contributed by atoms with Crippen LogP contribution in [0.25, 0.3) is 0 Å². The van der Waals surface area contributed by atoms with E-state index in [0.717, 1.165) is 12.1 Å². The van der Waals surface area contributed by atoms with Gasteiger partial charge in [-0.3, -0.25) is 10.1 Å². The van der Waals surface area contributed by atoms with Gasteiger partial charge in [-0.1, -0.05) is 0 Å². The molecule has 0 amide bonds. The molecular weight excluding hydrogens is 232 g/mol. The Bertz CT molecular complexity index is 424. The first-order valence-corrected chi connectivity index (χ1v) is 5.05. The van der Waals surface area contributed by atoms with Gasteiger partial charge in [0, 0.05) is 18.7 Å². The van der Waals surface area contributed by atoms with Crippen molar-refractivity contribution < 1.29 is 13.7 Å². The van der Waals surface area contributed by atoms with Crippen LogP contribution in [-0.4, -0.2) is 17.5 Å². The number of halogens is 2. The zero-order valence-electron chi connectivity index (χ0n) is 9.24. The third-order valence-corrected chi connectivity index (χ3v) is 2.17. The van der Waals surface area contributed by atoms with E-state index in [2.05, 4.69) is 5.32 Å². The fourth-order valence-electron chi connectivity index (χ4n) is 1.29. The maximum Gasteiger partial charge on any atom is 0.295 e. The molecule has 17 heavy (non-hydrogen) atoms. The molecule has 0 aliphatic heterocycles. The summed E-state index contributed by atoms with van der Waals surface area (Å²) in [7, 11) is 0. The normalized spacial score (nSPS) is 12.2. The highest BCUT2D eigenvalue weighted by Gasteiger charge is 2.21. The lowest BCUT2D eigenvalue weighted by Gasteiger charge is -2.09. The Labute approximate surface area is 96.8 Å². The van der Waals surface area contributed by atoms with Gasteiger partial charge in [-0.2, -0.15) is 0 Å². The Morgan fingerprint density at radius 3 is 2.71 bits per heavy atom. The Morgan fingerprint density at radius 2 is 2.18 bits per heavy atom. The van der Waals surface area contributed by atoms with Crippen LogP contribution in [0, 0.1) is 21.7 Å².